The fourth-order valence-electron chi connectivity index (χ4n) is 1.15. The Balaban J connectivity index is 2.10. The van der Waals surface area contributed by atoms with Crippen molar-refractivity contribution in [2.24, 2.45) is 0 Å². The summed E-state index contributed by atoms with van der Waals surface area (Å²) in [5, 5.41) is 0. The number of hydrogen-bond donors (Lipinski definition) is 1. The van der Waals surface area contributed by atoms with E-state index in [4.69, 9.17) is 15.2 Å². The van der Waals surface area contributed by atoms with Crippen molar-refractivity contribution in [1.82, 2.24) is 9.97 Å². The molecular formula is C8H11N3O2. The molecule has 2 rings (SSSR count). The molecule has 0 spiro atoms. The standard InChI is InChI=1S/C8H11N3O2/c9-6-3-10-8(11-4-6)7-5-12-1-2-13-7/h3-4,7H,1-2,5,9H2. The predicted molar refractivity (Wildman–Crippen MR) is 46.0 cm³/mol. The van der Waals surface area contributed by atoms with E-state index in [9.17, 15) is 0 Å². The summed E-state index contributed by atoms with van der Waals surface area (Å²) in [6, 6.07) is 0. The Morgan fingerprint density at radius 1 is 1.31 bits per heavy atom. The average Bonchev–Trinajstić information content (AvgIpc) is 2.20. The van der Waals surface area contributed by atoms with E-state index in [0.717, 1.165) is 0 Å². The number of anilines is 1. The molecular weight excluding hydrogens is 170 g/mol. The van der Waals surface area contributed by atoms with Crippen LogP contribution in [0.25, 0.3) is 0 Å². The van der Waals surface area contributed by atoms with E-state index in [1.807, 2.05) is 0 Å². The second-order valence-corrected chi connectivity index (χ2v) is 2.81. The van der Waals surface area contributed by atoms with Crippen molar-refractivity contribution >= 4 is 5.69 Å². The summed E-state index contributed by atoms with van der Waals surface area (Å²) >= 11 is 0. The van der Waals surface area contributed by atoms with E-state index < -0.39 is 0 Å². The van der Waals surface area contributed by atoms with Gasteiger partial charge in [0.2, 0.25) is 0 Å². The van der Waals surface area contributed by atoms with Gasteiger partial charge in [-0.1, -0.05) is 0 Å². The lowest BCUT2D eigenvalue weighted by molar-refractivity contribution is -0.0935. The number of aromatic nitrogens is 2. The van der Waals surface area contributed by atoms with Gasteiger partial charge >= 0.3 is 0 Å². The SMILES string of the molecule is Nc1cnc(C2COCCO2)nc1. The predicted octanol–water partition coefficient (Wildman–Crippen LogP) is 0.147. The molecule has 1 aromatic rings. The van der Waals surface area contributed by atoms with Gasteiger partial charge in [0.15, 0.2) is 5.82 Å². The van der Waals surface area contributed by atoms with Gasteiger partial charge in [-0.25, -0.2) is 9.97 Å². The quantitative estimate of drug-likeness (QED) is 0.667. The van der Waals surface area contributed by atoms with Crippen molar-refractivity contribution in [3.8, 4) is 0 Å². The van der Waals surface area contributed by atoms with Crippen LogP contribution in [0.3, 0.4) is 0 Å². The van der Waals surface area contributed by atoms with Gasteiger partial charge in [0.25, 0.3) is 0 Å². The Labute approximate surface area is 75.9 Å². The van der Waals surface area contributed by atoms with Crippen molar-refractivity contribution < 1.29 is 9.47 Å². The smallest absolute Gasteiger partial charge is 0.159 e. The minimum absolute atomic E-state index is 0.144. The van der Waals surface area contributed by atoms with Gasteiger partial charge in [-0.2, -0.15) is 0 Å². The van der Waals surface area contributed by atoms with Crippen molar-refractivity contribution in [1.29, 1.82) is 0 Å². The van der Waals surface area contributed by atoms with Gasteiger partial charge in [0.1, 0.15) is 6.10 Å². The summed E-state index contributed by atoms with van der Waals surface area (Å²) in [6.45, 7) is 1.76. The molecule has 13 heavy (non-hydrogen) atoms. The molecule has 2 N–H and O–H groups in total. The average molecular weight is 181 g/mol. The molecule has 5 heteroatoms. The molecule has 1 aromatic heterocycles. The molecule has 0 saturated carbocycles. The Morgan fingerprint density at radius 2 is 2.08 bits per heavy atom. The first-order valence-corrected chi connectivity index (χ1v) is 4.13. The lowest BCUT2D eigenvalue weighted by Gasteiger charge is -2.21. The monoisotopic (exact) mass is 181 g/mol. The molecule has 5 nitrogen and oxygen atoms in total. The summed E-state index contributed by atoms with van der Waals surface area (Å²) in [7, 11) is 0. The highest BCUT2D eigenvalue weighted by Crippen LogP contribution is 2.16. The van der Waals surface area contributed by atoms with Gasteiger partial charge in [0.05, 0.1) is 37.9 Å². The highest BCUT2D eigenvalue weighted by molar-refractivity contribution is 5.30. The highest BCUT2D eigenvalue weighted by Gasteiger charge is 2.18. The van der Waals surface area contributed by atoms with Crippen LogP contribution in [-0.2, 0) is 9.47 Å². The molecule has 0 aliphatic carbocycles. The molecule has 1 atom stereocenters. The van der Waals surface area contributed by atoms with E-state index in [2.05, 4.69) is 9.97 Å². The van der Waals surface area contributed by atoms with Crippen LogP contribution in [0, 0.1) is 0 Å². The molecule has 1 unspecified atom stereocenters. The van der Waals surface area contributed by atoms with Crippen molar-refractivity contribution in [3.63, 3.8) is 0 Å². The van der Waals surface area contributed by atoms with Crippen LogP contribution in [-0.4, -0.2) is 29.8 Å². The minimum Gasteiger partial charge on any atom is -0.396 e. The third-order valence-electron chi connectivity index (χ3n) is 1.80. The second kappa shape index (κ2) is 3.68. The molecule has 70 valence electrons. The summed E-state index contributed by atoms with van der Waals surface area (Å²) in [4.78, 5) is 8.12. The largest absolute Gasteiger partial charge is 0.396 e. The molecule has 0 aromatic carbocycles. The maximum atomic E-state index is 5.46. The number of hydrogen-bond acceptors (Lipinski definition) is 5. The third kappa shape index (κ3) is 1.93. The molecule has 2 heterocycles. The third-order valence-corrected chi connectivity index (χ3v) is 1.80. The number of nitrogens with zero attached hydrogens (tertiary/aromatic N) is 2. The molecule has 1 aliphatic heterocycles. The zero-order chi connectivity index (χ0) is 9.10. The molecule has 0 bridgehead atoms. The van der Waals surface area contributed by atoms with Crippen LogP contribution in [0.1, 0.15) is 11.9 Å². The van der Waals surface area contributed by atoms with Crippen LogP contribution >= 0.6 is 0 Å². The molecule has 0 amide bonds. The van der Waals surface area contributed by atoms with E-state index in [1.54, 1.807) is 12.4 Å². The van der Waals surface area contributed by atoms with Crippen LogP contribution in [0.15, 0.2) is 12.4 Å². The Morgan fingerprint density at radius 3 is 2.69 bits per heavy atom. The van der Waals surface area contributed by atoms with Crippen molar-refractivity contribution in [2.75, 3.05) is 25.6 Å². The lowest BCUT2D eigenvalue weighted by atomic mass is 10.3. The molecule has 1 fully saturated rings. The zero-order valence-electron chi connectivity index (χ0n) is 7.14. The van der Waals surface area contributed by atoms with Gasteiger partial charge < -0.3 is 15.2 Å². The first kappa shape index (κ1) is 8.40. The highest BCUT2D eigenvalue weighted by atomic mass is 16.6. The summed E-state index contributed by atoms with van der Waals surface area (Å²) in [6.07, 6.45) is 3.00. The topological polar surface area (TPSA) is 70.3 Å². The van der Waals surface area contributed by atoms with Crippen LogP contribution < -0.4 is 5.73 Å². The Hall–Kier alpha value is -1.20. The zero-order valence-corrected chi connectivity index (χ0v) is 7.14. The van der Waals surface area contributed by atoms with E-state index in [0.29, 0.717) is 31.3 Å². The fourth-order valence-corrected chi connectivity index (χ4v) is 1.15. The molecule has 1 aliphatic rings. The first-order chi connectivity index (χ1) is 6.36. The van der Waals surface area contributed by atoms with E-state index in [1.165, 1.54) is 0 Å². The van der Waals surface area contributed by atoms with Crippen LogP contribution in [0.4, 0.5) is 5.69 Å². The number of nitrogens with two attached hydrogens (primary N) is 1. The number of nitrogen functional groups attached to an aromatic ring is 1. The second-order valence-electron chi connectivity index (χ2n) is 2.81. The molecule has 1 saturated heterocycles. The van der Waals surface area contributed by atoms with Crippen molar-refractivity contribution in [3.05, 3.63) is 18.2 Å². The van der Waals surface area contributed by atoms with E-state index >= 15 is 0 Å². The Kier molecular flexibility index (Phi) is 2.37. The van der Waals surface area contributed by atoms with Gasteiger partial charge in [-0.15, -0.1) is 0 Å². The van der Waals surface area contributed by atoms with Crippen LogP contribution in [0.2, 0.25) is 0 Å². The summed E-state index contributed by atoms with van der Waals surface area (Å²) < 4.78 is 10.6. The summed E-state index contributed by atoms with van der Waals surface area (Å²) in [5.74, 6) is 0.633. The van der Waals surface area contributed by atoms with Crippen LogP contribution in [0.5, 0.6) is 0 Å². The molecule has 0 radical (unpaired) electrons. The lowest BCUT2D eigenvalue weighted by Crippen LogP contribution is -2.23. The van der Waals surface area contributed by atoms with E-state index in [-0.39, 0.29) is 6.10 Å². The van der Waals surface area contributed by atoms with Gasteiger partial charge in [0, 0.05) is 0 Å². The minimum atomic E-state index is -0.144. The number of ether oxygens (including phenoxy) is 2. The Bertz CT molecular complexity index is 269. The maximum absolute atomic E-state index is 5.46. The summed E-state index contributed by atoms with van der Waals surface area (Å²) in [5.41, 5.74) is 6.02. The van der Waals surface area contributed by atoms with Crippen molar-refractivity contribution in [2.45, 2.75) is 6.10 Å². The van der Waals surface area contributed by atoms with Gasteiger partial charge in [-0.05, 0) is 0 Å². The fraction of sp³-hybridized carbons (Fsp3) is 0.500. The first-order valence-electron chi connectivity index (χ1n) is 4.13. The maximum Gasteiger partial charge on any atom is 0.159 e. The van der Waals surface area contributed by atoms with Gasteiger partial charge in [-0.3, -0.25) is 0 Å². The normalized spacial score (nSPS) is 22.9. The number of rotatable bonds is 1.